The number of anilines is 1. The Kier molecular flexibility index (Phi) is 5.41. The maximum absolute atomic E-state index is 14.0. The summed E-state index contributed by atoms with van der Waals surface area (Å²) in [7, 11) is 0. The van der Waals surface area contributed by atoms with Gasteiger partial charge in [0, 0.05) is 23.8 Å². The van der Waals surface area contributed by atoms with Gasteiger partial charge in [-0.2, -0.15) is 0 Å². The third-order valence-corrected chi connectivity index (χ3v) is 7.32. The molecule has 0 bridgehead atoms. The highest BCUT2D eigenvalue weighted by atomic mass is 16.2. The fourth-order valence-corrected chi connectivity index (χ4v) is 5.91. The monoisotopic (exact) mass is 443 g/mol. The van der Waals surface area contributed by atoms with Crippen molar-refractivity contribution in [3.63, 3.8) is 0 Å². The number of likely N-dealkylation sites (tertiary alicyclic amines) is 1. The van der Waals surface area contributed by atoms with Crippen molar-refractivity contribution in [1.82, 2.24) is 10.2 Å². The van der Waals surface area contributed by atoms with Crippen molar-refractivity contribution in [2.75, 3.05) is 11.4 Å². The van der Waals surface area contributed by atoms with E-state index in [0.717, 1.165) is 36.1 Å². The number of para-hydroxylation sites is 1. The van der Waals surface area contributed by atoms with E-state index < -0.39 is 17.4 Å². The summed E-state index contributed by atoms with van der Waals surface area (Å²) < 4.78 is 0. The number of nitrogens with one attached hydrogen (secondary N) is 1. The number of carbonyl (C=O) groups excluding carboxylic acids is 3. The van der Waals surface area contributed by atoms with E-state index in [0.29, 0.717) is 6.54 Å². The van der Waals surface area contributed by atoms with E-state index in [2.05, 4.69) is 18.8 Å². The van der Waals surface area contributed by atoms with Gasteiger partial charge in [-0.25, -0.2) is 0 Å². The van der Waals surface area contributed by atoms with Gasteiger partial charge in [-0.1, -0.05) is 74.4 Å². The zero-order valence-corrected chi connectivity index (χ0v) is 18.9. The van der Waals surface area contributed by atoms with Crippen LogP contribution in [0.25, 0.3) is 0 Å². The maximum Gasteiger partial charge on any atom is 0.253 e. The normalized spacial score (nSPS) is 28.0. The second kappa shape index (κ2) is 8.27. The first-order chi connectivity index (χ1) is 16.0. The van der Waals surface area contributed by atoms with Gasteiger partial charge in [0.05, 0.1) is 18.4 Å². The first kappa shape index (κ1) is 21.6. The lowest BCUT2D eigenvalue weighted by molar-refractivity contribution is -0.143. The Morgan fingerprint density at radius 1 is 1.00 bits per heavy atom. The zero-order chi connectivity index (χ0) is 23.2. The van der Waals surface area contributed by atoms with Crippen LogP contribution in [0.15, 0.2) is 67.3 Å². The Morgan fingerprint density at radius 3 is 2.45 bits per heavy atom. The first-order valence-electron chi connectivity index (χ1n) is 11.7. The Labute approximate surface area is 194 Å². The molecule has 0 aliphatic carbocycles. The van der Waals surface area contributed by atoms with Gasteiger partial charge in [0.25, 0.3) is 5.91 Å². The minimum Gasteiger partial charge on any atom is -0.306 e. The molecule has 5 rings (SSSR count). The van der Waals surface area contributed by atoms with E-state index in [1.165, 1.54) is 4.90 Å². The zero-order valence-electron chi connectivity index (χ0n) is 18.9. The third kappa shape index (κ3) is 3.08. The van der Waals surface area contributed by atoms with Crippen molar-refractivity contribution >= 4 is 23.4 Å². The predicted octanol–water partition coefficient (Wildman–Crippen LogP) is 3.38. The minimum absolute atomic E-state index is 0.166. The second-order valence-electron chi connectivity index (χ2n) is 9.17. The summed E-state index contributed by atoms with van der Waals surface area (Å²) in [6.45, 7) is 6.50. The number of nitrogens with zero attached hydrogens (tertiary/aromatic N) is 2. The van der Waals surface area contributed by atoms with Crippen molar-refractivity contribution in [1.29, 1.82) is 0 Å². The van der Waals surface area contributed by atoms with Gasteiger partial charge in [-0.05, 0) is 18.1 Å². The second-order valence-corrected chi connectivity index (χ2v) is 9.17. The van der Waals surface area contributed by atoms with Gasteiger partial charge in [0.1, 0.15) is 5.54 Å². The maximum atomic E-state index is 14.0. The molecule has 33 heavy (non-hydrogen) atoms. The predicted molar refractivity (Wildman–Crippen MR) is 126 cm³/mol. The molecule has 0 unspecified atom stereocenters. The van der Waals surface area contributed by atoms with Crippen molar-refractivity contribution in [3.05, 3.63) is 78.4 Å². The summed E-state index contributed by atoms with van der Waals surface area (Å²) in [6.07, 6.45) is 4.33. The number of amides is 3. The van der Waals surface area contributed by atoms with E-state index in [-0.39, 0.29) is 30.3 Å². The SMILES string of the molecule is C=CCN1C(=O)[C@@]2(N[C@H](CCCC)[C@@H]3C(=O)N(Cc4ccccc4)C(=O)[C@@H]32)c2ccccc21. The molecule has 2 fully saturated rings. The Bertz CT molecular complexity index is 1110. The minimum atomic E-state index is -1.22. The van der Waals surface area contributed by atoms with E-state index >= 15 is 0 Å². The average Bonchev–Trinajstić information content (AvgIpc) is 3.39. The number of unbranched alkanes of at least 4 members (excludes halogenated alkanes) is 1. The van der Waals surface area contributed by atoms with Crippen LogP contribution in [0, 0.1) is 11.8 Å². The van der Waals surface area contributed by atoms with Gasteiger partial charge in [0.15, 0.2) is 0 Å². The third-order valence-electron chi connectivity index (χ3n) is 7.32. The summed E-state index contributed by atoms with van der Waals surface area (Å²) in [6, 6.07) is 16.9. The molecule has 2 aromatic rings. The van der Waals surface area contributed by atoms with Crippen LogP contribution in [0.3, 0.4) is 0 Å². The number of carbonyl (C=O) groups is 3. The van der Waals surface area contributed by atoms with Gasteiger partial charge < -0.3 is 4.90 Å². The molecule has 3 aliphatic rings. The fraction of sp³-hybridized carbons (Fsp3) is 0.370. The number of imide groups is 1. The highest BCUT2D eigenvalue weighted by Crippen LogP contribution is 2.55. The average molecular weight is 444 g/mol. The summed E-state index contributed by atoms with van der Waals surface area (Å²) in [5.41, 5.74) is 1.25. The topological polar surface area (TPSA) is 69.7 Å². The number of hydrogen-bond donors (Lipinski definition) is 1. The smallest absolute Gasteiger partial charge is 0.253 e. The number of benzene rings is 2. The van der Waals surface area contributed by atoms with Crippen LogP contribution in [-0.4, -0.2) is 35.2 Å². The molecule has 2 aromatic carbocycles. The summed E-state index contributed by atoms with van der Waals surface area (Å²) >= 11 is 0. The summed E-state index contributed by atoms with van der Waals surface area (Å²) in [5, 5.41) is 3.55. The molecule has 0 saturated carbocycles. The van der Waals surface area contributed by atoms with Crippen LogP contribution in [0.5, 0.6) is 0 Å². The van der Waals surface area contributed by atoms with E-state index in [1.807, 2.05) is 54.6 Å². The number of fused-ring (bicyclic) bond motifs is 4. The summed E-state index contributed by atoms with van der Waals surface area (Å²) in [5.74, 6) is -1.90. The van der Waals surface area contributed by atoms with Crippen molar-refractivity contribution < 1.29 is 14.4 Å². The number of hydrogen-bond acceptors (Lipinski definition) is 4. The highest BCUT2D eigenvalue weighted by Gasteiger charge is 2.71. The summed E-state index contributed by atoms with van der Waals surface area (Å²) in [4.78, 5) is 44.6. The van der Waals surface area contributed by atoms with Gasteiger partial charge in [0.2, 0.25) is 11.8 Å². The largest absolute Gasteiger partial charge is 0.306 e. The van der Waals surface area contributed by atoms with E-state index in [9.17, 15) is 14.4 Å². The van der Waals surface area contributed by atoms with E-state index in [4.69, 9.17) is 0 Å². The van der Waals surface area contributed by atoms with Crippen molar-refractivity contribution in [3.8, 4) is 0 Å². The highest BCUT2D eigenvalue weighted by molar-refractivity contribution is 6.16. The lowest BCUT2D eigenvalue weighted by Crippen LogP contribution is -2.55. The first-order valence-corrected chi connectivity index (χ1v) is 11.7. The molecule has 3 heterocycles. The van der Waals surface area contributed by atoms with Crippen LogP contribution in [0.1, 0.15) is 37.3 Å². The Hall–Kier alpha value is -3.25. The molecule has 1 N–H and O–H groups in total. The van der Waals surface area contributed by atoms with Crippen LogP contribution >= 0.6 is 0 Å². The van der Waals surface area contributed by atoms with Crippen LogP contribution in [0.4, 0.5) is 5.69 Å². The molecular weight excluding hydrogens is 414 g/mol. The molecule has 1 spiro atoms. The fourth-order valence-electron chi connectivity index (χ4n) is 5.91. The molecular formula is C27H29N3O3. The molecule has 0 aromatic heterocycles. The molecule has 3 amide bonds. The molecule has 6 nitrogen and oxygen atoms in total. The Morgan fingerprint density at radius 2 is 1.73 bits per heavy atom. The standard InChI is InChI=1S/C27H29N3O3/c1-3-5-14-20-22-23(25(32)30(24(22)31)17-18-11-7-6-8-12-18)27(28-20)19-13-9-10-15-21(19)29(16-4-2)26(27)33/h4,6-13,15,20,22-23,28H,2-3,5,14,16-17H2,1H3/t20-,22+,23-,27-/m1/s1. The van der Waals surface area contributed by atoms with E-state index in [1.54, 1.807) is 11.0 Å². The van der Waals surface area contributed by atoms with Crippen LogP contribution < -0.4 is 10.2 Å². The van der Waals surface area contributed by atoms with Crippen molar-refractivity contribution in [2.24, 2.45) is 11.8 Å². The van der Waals surface area contributed by atoms with Crippen LogP contribution in [0.2, 0.25) is 0 Å². The van der Waals surface area contributed by atoms with Gasteiger partial charge in [-0.3, -0.25) is 24.6 Å². The molecule has 3 aliphatic heterocycles. The van der Waals surface area contributed by atoms with Crippen LogP contribution in [-0.2, 0) is 26.5 Å². The number of rotatable bonds is 7. The molecule has 0 radical (unpaired) electrons. The Balaban J connectivity index is 1.61. The van der Waals surface area contributed by atoms with Gasteiger partial charge in [-0.15, -0.1) is 6.58 Å². The lowest BCUT2D eigenvalue weighted by atomic mass is 9.76. The molecule has 6 heteroatoms. The molecule has 2 saturated heterocycles. The van der Waals surface area contributed by atoms with Gasteiger partial charge >= 0.3 is 0 Å². The molecule has 170 valence electrons. The van der Waals surface area contributed by atoms with Crippen molar-refractivity contribution in [2.45, 2.75) is 44.3 Å². The molecule has 4 atom stereocenters. The lowest BCUT2D eigenvalue weighted by Gasteiger charge is -2.30. The quantitative estimate of drug-likeness (QED) is 0.526.